The Morgan fingerprint density at radius 3 is 2.67 bits per heavy atom. The van der Waals surface area contributed by atoms with Crippen LogP contribution in [0.25, 0.3) is 16.6 Å². The van der Waals surface area contributed by atoms with Crippen LogP contribution in [0.2, 0.25) is 0 Å². The Labute approximate surface area is 174 Å². The van der Waals surface area contributed by atoms with Gasteiger partial charge in [0, 0.05) is 13.2 Å². The van der Waals surface area contributed by atoms with Crippen LogP contribution in [-0.2, 0) is 16.6 Å². The molecule has 30 heavy (non-hydrogen) atoms. The highest BCUT2D eigenvalue weighted by Crippen LogP contribution is 2.31. The van der Waals surface area contributed by atoms with Gasteiger partial charge in [0.05, 0.1) is 5.39 Å². The number of allylic oxidation sites excluding steroid dienone is 2. The van der Waals surface area contributed by atoms with Crippen LogP contribution in [0, 0.1) is 0 Å². The molecule has 0 fully saturated rings. The van der Waals surface area contributed by atoms with Crippen molar-refractivity contribution >= 4 is 28.5 Å². The molecular weight excluding hydrogens is 386 g/mol. The number of hydrogen-bond acceptors (Lipinski definition) is 6. The number of esters is 1. The maximum atomic E-state index is 12.7. The Balaban J connectivity index is 1.96. The molecule has 2 heterocycles. The van der Waals surface area contributed by atoms with Gasteiger partial charge in [-0.05, 0) is 63.7 Å². The van der Waals surface area contributed by atoms with Crippen LogP contribution in [0.3, 0.4) is 0 Å². The summed E-state index contributed by atoms with van der Waals surface area (Å²) in [5.41, 5.74) is 0.459. The van der Waals surface area contributed by atoms with Gasteiger partial charge in [-0.1, -0.05) is 6.08 Å². The lowest BCUT2D eigenvalue weighted by Crippen LogP contribution is -2.37. The van der Waals surface area contributed by atoms with E-state index in [0.717, 1.165) is 36.8 Å². The molecule has 3 rings (SSSR count). The van der Waals surface area contributed by atoms with Crippen molar-refractivity contribution in [3.63, 3.8) is 0 Å². The third-order valence-electron chi connectivity index (χ3n) is 4.90. The number of aryl methyl sites for hydroxylation is 1. The Morgan fingerprint density at radius 2 is 2.03 bits per heavy atom. The lowest BCUT2D eigenvalue weighted by atomic mass is 9.94. The minimum absolute atomic E-state index is 0.279. The second kappa shape index (κ2) is 8.30. The van der Waals surface area contributed by atoms with E-state index in [9.17, 15) is 19.5 Å². The number of amides is 1. The van der Waals surface area contributed by atoms with Crippen LogP contribution in [0.5, 0.6) is 5.75 Å². The minimum atomic E-state index is -0.844. The van der Waals surface area contributed by atoms with E-state index in [0.29, 0.717) is 5.39 Å². The van der Waals surface area contributed by atoms with Crippen LogP contribution < -0.4 is 10.9 Å². The number of hydrogen-bond donors (Lipinski definition) is 2. The van der Waals surface area contributed by atoms with Crippen molar-refractivity contribution < 1.29 is 19.4 Å². The highest BCUT2D eigenvalue weighted by Gasteiger charge is 2.24. The fourth-order valence-corrected chi connectivity index (χ4v) is 3.50. The summed E-state index contributed by atoms with van der Waals surface area (Å²) >= 11 is 0. The first-order valence-electron chi connectivity index (χ1n) is 9.99. The van der Waals surface area contributed by atoms with Crippen molar-refractivity contribution in [2.45, 2.75) is 52.1 Å². The Bertz CT molecular complexity index is 1090. The number of pyridine rings is 2. The summed E-state index contributed by atoms with van der Waals surface area (Å²) in [7, 11) is 1.49. The molecule has 1 amide bonds. The summed E-state index contributed by atoms with van der Waals surface area (Å²) < 4.78 is 6.36. The molecule has 0 bridgehead atoms. The molecule has 0 atom stereocenters. The zero-order valence-electron chi connectivity index (χ0n) is 17.7. The molecule has 0 aromatic carbocycles. The topological polar surface area (TPSA) is 111 Å². The number of nitrogens with one attached hydrogen (secondary N) is 1. The first-order chi connectivity index (χ1) is 14.1. The fourth-order valence-electron chi connectivity index (χ4n) is 3.50. The first kappa shape index (κ1) is 21.5. The average molecular weight is 413 g/mol. The van der Waals surface area contributed by atoms with Crippen LogP contribution in [0.4, 0.5) is 0 Å². The molecule has 8 nitrogen and oxygen atoms in total. The first-order valence-corrected chi connectivity index (χ1v) is 9.99. The number of ether oxygens (including phenoxy) is 1. The number of carbonyl (C=O) groups excluding carboxylic acids is 2. The van der Waals surface area contributed by atoms with E-state index in [1.807, 2.05) is 0 Å². The van der Waals surface area contributed by atoms with E-state index < -0.39 is 40.9 Å². The van der Waals surface area contributed by atoms with E-state index in [1.165, 1.54) is 11.6 Å². The molecule has 160 valence electrons. The molecule has 1 aliphatic carbocycles. The smallest absolute Gasteiger partial charge is 0.325 e. The Morgan fingerprint density at radius 1 is 1.30 bits per heavy atom. The van der Waals surface area contributed by atoms with Gasteiger partial charge >= 0.3 is 5.97 Å². The zero-order chi connectivity index (χ0) is 22.1. The summed E-state index contributed by atoms with van der Waals surface area (Å²) in [5.74, 6) is -1.93. The highest BCUT2D eigenvalue weighted by atomic mass is 16.6. The predicted molar refractivity (Wildman–Crippen MR) is 113 cm³/mol. The summed E-state index contributed by atoms with van der Waals surface area (Å²) in [6.45, 7) is 4.72. The highest BCUT2D eigenvalue weighted by molar-refractivity contribution is 6.03. The summed E-state index contributed by atoms with van der Waals surface area (Å²) in [5, 5.41) is 13.4. The van der Waals surface area contributed by atoms with Gasteiger partial charge < -0.3 is 15.2 Å². The lowest BCUT2D eigenvalue weighted by Gasteiger charge is -2.19. The van der Waals surface area contributed by atoms with Crippen LogP contribution >= 0.6 is 0 Å². The standard InChI is InChI=1S/C22H27N3O5/c1-22(2,3)30-16(26)12-24-20(28)17-18(27)15-10-14(13-8-6-5-7-9-13)11-23-19(15)25(4)21(17)29/h8,10-11,27H,5-7,9,12H2,1-4H3,(H,24,28). The van der Waals surface area contributed by atoms with Gasteiger partial charge in [-0.3, -0.25) is 19.0 Å². The molecule has 0 saturated heterocycles. The molecule has 0 aliphatic heterocycles. The molecule has 2 N–H and O–H groups in total. The quantitative estimate of drug-likeness (QED) is 0.746. The van der Waals surface area contributed by atoms with Crippen molar-refractivity contribution in [3.8, 4) is 5.75 Å². The largest absolute Gasteiger partial charge is 0.506 e. The predicted octanol–water partition coefficient (Wildman–Crippen LogP) is 2.67. The Hall–Kier alpha value is -3.16. The molecule has 0 saturated carbocycles. The number of carbonyl (C=O) groups is 2. The van der Waals surface area contributed by atoms with Crippen LogP contribution in [0.1, 0.15) is 62.4 Å². The third kappa shape index (κ3) is 4.53. The monoisotopic (exact) mass is 413 g/mol. The van der Waals surface area contributed by atoms with E-state index in [-0.39, 0.29) is 5.65 Å². The lowest BCUT2D eigenvalue weighted by molar-refractivity contribution is -0.153. The third-order valence-corrected chi connectivity index (χ3v) is 4.90. The second-order valence-electron chi connectivity index (χ2n) is 8.43. The average Bonchev–Trinajstić information content (AvgIpc) is 2.70. The second-order valence-corrected chi connectivity index (χ2v) is 8.43. The number of fused-ring (bicyclic) bond motifs is 1. The normalized spacial score (nSPS) is 14.3. The van der Waals surface area contributed by atoms with Gasteiger partial charge in [0.25, 0.3) is 11.5 Å². The van der Waals surface area contributed by atoms with Crippen molar-refractivity contribution in [2.75, 3.05) is 6.54 Å². The molecule has 1 aliphatic rings. The van der Waals surface area contributed by atoms with Gasteiger partial charge in [-0.15, -0.1) is 0 Å². The van der Waals surface area contributed by atoms with Gasteiger partial charge in [0.1, 0.15) is 29.1 Å². The maximum Gasteiger partial charge on any atom is 0.325 e. The van der Waals surface area contributed by atoms with Crippen LogP contribution in [0.15, 0.2) is 23.1 Å². The zero-order valence-corrected chi connectivity index (χ0v) is 17.7. The van der Waals surface area contributed by atoms with E-state index in [4.69, 9.17) is 4.74 Å². The molecule has 0 unspecified atom stereocenters. The minimum Gasteiger partial charge on any atom is -0.506 e. The van der Waals surface area contributed by atoms with Crippen LogP contribution in [-0.4, -0.2) is 38.7 Å². The molecule has 2 aromatic rings. The number of aromatic nitrogens is 2. The van der Waals surface area contributed by atoms with Gasteiger partial charge in [0.15, 0.2) is 0 Å². The molecule has 8 heteroatoms. The summed E-state index contributed by atoms with van der Waals surface area (Å²) in [4.78, 5) is 41.5. The molecular formula is C22H27N3O5. The van der Waals surface area contributed by atoms with Crippen molar-refractivity contribution in [2.24, 2.45) is 7.05 Å². The summed E-state index contributed by atoms with van der Waals surface area (Å²) in [6, 6.07) is 1.75. The SMILES string of the molecule is Cn1c(=O)c(C(=O)NCC(=O)OC(C)(C)C)c(O)c2cc(C3=CCCCC3)cnc21. The molecule has 2 aromatic heterocycles. The fraction of sp³-hybridized carbons (Fsp3) is 0.455. The van der Waals surface area contributed by atoms with Gasteiger partial charge in [-0.2, -0.15) is 0 Å². The van der Waals surface area contributed by atoms with E-state index in [1.54, 1.807) is 33.0 Å². The molecule has 0 spiro atoms. The maximum absolute atomic E-state index is 12.7. The Kier molecular flexibility index (Phi) is 5.96. The number of rotatable bonds is 4. The van der Waals surface area contributed by atoms with Crippen molar-refractivity contribution in [1.29, 1.82) is 0 Å². The number of aromatic hydroxyl groups is 1. The van der Waals surface area contributed by atoms with Gasteiger partial charge in [0.2, 0.25) is 0 Å². The number of nitrogens with zero attached hydrogens (tertiary/aromatic N) is 2. The molecule has 0 radical (unpaired) electrons. The van der Waals surface area contributed by atoms with Crippen molar-refractivity contribution in [3.05, 3.63) is 39.8 Å². The van der Waals surface area contributed by atoms with Gasteiger partial charge in [-0.25, -0.2) is 4.98 Å². The van der Waals surface area contributed by atoms with E-state index in [2.05, 4.69) is 16.4 Å². The van der Waals surface area contributed by atoms with Crippen molar-refractivity contribution in [1.82, 2.24) is 14.9 Å². The summed E-state index contributed by atoms with van der Waals surface area (Å²) in [6.07, 6.45) is 7.97. The van der Waals surface area contributed by atoms with E-state index >= 15 is 0 Å².